The molecule has 0 spiro atoms. The molecule has 0 saturated carbocycles. The van der Waals surface area contributed by atoms with Crippen LogP contribution in [0.15, 0.2) is 47.1 Å². The minimum Gasteiger partial charge on any atom is -0.434 e. The first kappa shape index (κ1) is 13.4. The van der Waals surface area contributed by atoms with E-state index >= 15 is 0 Å². The fourth-order valence-corrected chi connectivity index (χ4v) is 3.31. The highest BCUT2D eigenvalue weighted by Crippen LogP contribution is 2.28. The van der Waals surface area contributed by atoms with Gasteiger partial charge in [0.2, 0.25) is 0 Å². The van der Waals surface area contributed by atoms with Crippen molar-refractivity contribution in [3.8, 4) is 11.7 Å². The van der Waals surface area contributed by atoms with Gasteiger partial charge in [-0.2, -0.15) is 0 Å². The molecule has 1 aromatic carbocycles. The molecule has 3 atom stereocenters. The molecule has 1 N–H and O–H groups in total. The molecule has 0 radical (unpaired) electrons. The van der Waals surface area contributed by atoms with Crippen molar-refractivity contribution in [2.75, 3.05) is 19.6 Å². The summed E-state index contributed by atoms with van der Waals surface area (Å²) in [6, 6.07) is 10.9. The number of ether oxygens (including phenoxy) is 1. The fraction of sp³-hybridized carbons (Fsp3) is 0.353. The number of nitrogens with one attached hydrogen (secondary N) is 1. The Bertz CT molecular complexity index is 651. The molecule has 3 heterocycles. The van der Waals surface area contributed by atoms with Crippen LogP contribution in [0.2, 0.25) is 0 Å². The predicted octanol–water partition coefficient (Wildman–Crippen LogP) is 2.51. The Morgan fingerprint density at radius 2 is 2.09 bits per heavy atom. The molecule has 2 saturated heterocycles. The zero-order chi connectivity index (χ0) is 14.9. The first-order chi connectivity index (χ1) is 10.8. The van der Waals surface area contributed by atoms with Crippen molar-refractivity contribution >= 4 is 5.91 Å². The predicted molar refractivity (Wildman–Crippen MR) is 81.0 cm³/mol. The normalized spacial score (nSPS) is 26.1. The van der Waals surface area contributed by atoms with E-state index in [1.807, 2.05) is 0 Å². The standard InChI is InChI=1S/C17H18N2O3/c20-17(18-15-11-19-8-7-13(15)10-19)12-3-5-14(6-4-12)22-16-2-1-9-21-16/h1-6,9,13,15H,7-8,10-11H2,(H,18,20)/t13-,15?/m0/s1. The van der Waals surface area contributed by atoms with Crippen LogP contribution in [0.5, 0.6) is 11.7 Å². The van der Waals surface area contributed by atoms with E-state index < -0.39 is 0 Å². The minimum atomic E-state index is -0.0108. The van der Waals surface area contributed by atoms with Crippen molar-refractivity contribution in [3.63, 3.8) is 0 Å². The molecule has 2 fully saturated rings. The van der Waals surface area contributed by atoms with Crippen LogP contribution in [0, 0.1) is 5.92 Å². The highest BCUT2D eigenvalue weighted by atomic mass is 16.6. The van der Waals surface area contributed by atoms with Crippen LogP contribution in [0.1, 0.15) is 16.8 Å². The summed E-state index contributed by atoms with van der Waals surface area (Å²) < 4.78 is 10.6. The van der Waals surface area contributed by atoms with Crippen LogP contribution < -0.4 is 10.1 Å². The van der Waals surface area contributed by atoms with Gasteiger partial charge in [0.05, 0.1) is 6.26 Å². The molecule has 1 aromatic heterocycles. The van der Waals surface area contributed by atoms with Crippen molar-refractivity contribution in [1.82, 2.24) is 10.2 Å². The number of carbonyl (C=O) groups excluding carboxylic acids is 1. The third-order valence-electron chi connectivity index (χ3n) is 4.48. The van der Waals surface area contributed by atoms with Gasteiger partial charge >= 0.3 is 0 Å². The lowest BCUT2D eigenvalue weighted by molar-refractivity contribution is 0.0924. The Morgan fingerprint density at radius 1 is 1.23 bits per heavy atom. The van der Waals surface area contributed by atoms with Crippen LogP contribution in [-0.2, 0) is 0 Å². The average Bonchev–Trinajstić information content (AvgIpc) is 3.25. The summed E-state index contributed by atoms with van der Waals surface area (Å²) >= 11 is 0. The molecule has 4 rings (SSSR count). The van der Waals surface area contributed by atoms with E-state index in [0.29, 0.717) is 29.2 Å². The molecule has 2 aliphatic rings. The molecule has 5 heteroatoms. The summed E-state index contributed by atoms with van der Waals surface area (Å²) in [5, 5.41) is 3.15. The number of fused-ring (bicyclic) bond motifs is 2. The zero-order valence-corrected chi connectivity index (χ0v) is 12.2. The number of rotatable bonds is 4. The fourth-order valence-electron chi connectivity index (χ4n) is 3.31. The van der Waals surface area contributed by atoms with Crippen LogP contribution >= 0.6 is 0 Å². The largest absolute Gasteiger partial charge is 0.434 e. The van der Waals surface area contributed by atoms with Crippen LogP contribution in [0.3, 0.4) is 0 Å². The summed E-state index contributed by atoms with van der Waals surface area (Å²) in [6.45, 7) is 3.28. The van der Waals surface area contributed by atoms with E-state index in [2.05, 4.69) is 10.2 Å². The van der Waals surface area contributed by atoms with Crippen molar-refractivity contribution < 1.29 is 13.9 Å². The quantitative estimate of drug-likeness (QED) is 0.942. The summed E-state index contributed by atoms with van der Waals surface area (Å²) in [5.74, 6) is 1.69. The summed E-state index contributed by atoms with van der Waals surface area (Å²) in [4.78, 5) is 14.7. The van der Waals surface area contributed by atoms with Gasteiger partial charge in [-0.25, -0.2) is 0 Å². The van der Waals surface area contributed by atoms with Gasteiger partial charge < -0.3 is 19.4 Å². The monoisotopic (exact) mass is 298 g/mol. The SMILES string of the molecule is O=C(NC1CN2CC[C@H]1C2)c1ccc(Oc2ccco2)cc1. The Hall–Kier alpha value is -2.27. The summed E-state index contributed by atoms with van der Waals surface area (Å²) in [6.07, 6.45) is 2.75. The van der Waals surface area contributed by atoms with E-state index in [-0.39, 0.29) is 5.91 Å². The Labute approximate surface area is 128 Å². The number of carbonyl (C=O) groups is 1. The van der Waals surface area contributed by atoms with E-state index in [1.54, 1.807) is 42.7 Å². The second-order valence-electron chi connectivity index (χ2n) is 5.95. The first-order valence-corrected chi connectivity index (χ1v) is 7.62. The highest BCUT2D eigenvalue weighted by molar-refractivity contribution is 5.94. The van der Waals surface area contributed by atoms with Gasteiger partial charge in [-0.05, 0) is 49.2 Å². The maximum atomic E-state index is 12.3. The van der Waals surface area contributed by atoms with Gasteiger partial charge in [0.25, 0.3) is 11.9 Å². The lowest BCUT2D eigenvalue weighted by Gasteiger charge is -2.23. The number of hydrogen-bond acceptors (Lipinski definition) is 4. The van der Waals surface area contributed by atoms with Crippen LogP contribution in [-0.4, -0.2) is 36.5 Å². The molecule has 2 unspecified atom stereocenters. The Kier molecular flexibility index (Phi) is 3.35. The third kappa shape index (κ3) is 2.60. The van der Waals surface area contributed by atoms with Gasteiger partial charge in [-0.3, -0.25) is 4.79 Å². The molecule has 2 aromatic rings. The van der Waals surface area contributed by atoms with Gasteiger partial charge in [-0.15, -0.1) is 0 Å². The third-order valence-corrected chi connectivity index (χ3v) is 4.48. The van der Waals surface area contributed by atoms with Gasteiger partial charge in [0.1, 0.15) is 5.75 Å². The second kappa shape index (κ2) is 5.50. The number of nitrogens with zero attached hydrogens (tertiary/aromatic N) is 1. The molecule has 5 nitrogen and oxygen atoms in total. The molecule has 1 amide bonds. The number of piperidine rings is 1. The smallest absolute Gasteiger partial charge is 0.289 e. The molecule has 114 valence electrons. The lowest BCUT2D eigenvalue weighted by atomic mass is 9.99. The molecule has 2 bridgehead atoms. The summed E-state index contributed by atoms with van der Waals surface area (Å²) in [7, 11) is 0. The Morgan fingerprint density at radius 3 is 2.73 bits per heavy atom. The van der Waals surface area contributed by atoms with Crippen molar-refractivity contribution in [2.24, 2.45) is 5.92 Å². The number of hydrogen-bond donors (Lipinski definition) is 1. The lowest BCUT2D eigenvalue weighted by Crippen LogP contribution is -2.43. The average molecular weight is 298 g/mol. The maximum absolute atomic E-state index is 12.3. The topological polar surface area (TPSA) is 54.7 Å². The molecular formula is C17H18N2O3. The number of furan rings is 1. The van der Waals surface area contributed by atoms with Crippen molar-refractivity contribution in [1.29, 1.82) is 0 Å². The molecule has 2 aliphatic heterocycles. The number of benzene rings is 1. The second-order valence-corrected chi connectivity index (χ2v) is 5.95. The number of amides is 1. The molecule has 0 aliphatic carbocycles. The zero-order valence-electron chi connectivity index (χ0n) is 12.2. The molecule has 22 heavy (non-hydrogen) atoms. The van der Waals surface area contributed by atoms with Crippen LogP contribution in [0.4, 0.5) is 0 Å². The van der Waals surface area contributed by atoms with E-state index in [4.69, 9.17) is 9.15 Å². The van der Waals surface area contributed by atoms with E-state index in [0.717, 1.165) is 13.1 Å². The minimum absolute atomic E-state index is 0.0108. The van der Waals surface area contributed by atoms with Gasteiger partial charge in [0, 0.05) is 30.8 Å². The van der Waals surface area contributed by atoms with Gasteiger partial charge in [0.15, 0.2) is 0 Å². The van der Waals surface area contributed by atoms with E-state index in [1.165, 1.54) is 13.0 Å². The summed E-state index contributed by atoms with van der Waals surface area (Å²) in [5.41, 5.74) is 0.657. The Balaban J connectivity index is 1.38. The first-order valence-electron chi connectivity index (χ1n) is 7.62. The van der Waals surface area contributed by atoms with Gasteiger partial charge in [-0.1, -0.05) is 0 Å². The maximum Gasteiger partial charge on any atom is 0.289 e. The van der Waals surface area contributed by atoms with Crippen LogP contribution in [0.25, 0.3) is 0 Å². The van der Waals surface area contributed by atoms with Crippen molar-refractivity contribution in [2.45, 2.75) is 12.5 Å². The van der Waals surface area contributed by atoms with E-state index in [9.17, 15) is 4.79 Å². The highest BCUT2D eigenvalue weighted by Gasteiger charge is 2.38. The molecular weight excluding hydrogens is 280 g/mol. The van der Waals surface area contributed by atoms with Crippen molar-refractivity contribution in [3.05, 3.63) is 48.2 Å².